The van der Waals surface area contributed by atoms with E-state index in [1.807, 2.05) is 11.9 Å². The standard InChI is InChI=1S/C9H16N2O/c1-11(5-6-2-3-6)9(12)7-4-8(7)10/h6-8H,2-5,10H2,1H3. The monoisotopic (exact) mass is 168 g/mol. The summed E-state index contributed by atoms with van der Waals surface area (Å²) in [5, 5.41) is 0. The number of carbonyl (C=O) groups is 1. The molecule has 2 atom stereocenters. The first-order valence-corrected chi connectivity index (χ1v) is 4.69. The lowest BCUT2D eigenvalue weighted by Gasteiger charge is -2.16. The molecule has 2 unspecified atom stereocenters. The van der Waals surface area contributed by atoms with Gasteiger partial charge in [-0.2, -0.15) is 0 Å². The zero-order valence-electron chi connectivity index (χ0n) is 7.49. The van der Waals surface area contributed by atoms with Crippen LogP contribution in [-0.4, -0.2) is 30.4 Å². The average Bonchev–Trinajstić information content (AvgIpc) is 2.86. The van der Waals surface area contributed by atoms with Gasteiger partial charge in [-0.3, -0.25) is 4.79 Å². The largest absolute Gasteiger partial charge is 0.345 e. The third-order valence-corrected chi connectivity index (χ3v) is 2.76. The van der Waals surface area contributed by atoms with Gasteiger partial charge in [0.05, 0.1) is 5.92 Å². The van der Waals surface area contributed by atoms with Crippen LogP contribution in [0.4, 0.5) is 0 Å². The molecule has 2 aliphatic carbocycles. The number of hydrogen-bond donors (Lipinski definition) is 1. The Hall–Kier alpha value is -0.570. The van der Waals surface area contributed by atoms with Gasteiger partial charge in [-0.05, 0) is 25.2 Å². The van der Waals surface area contributed by atoms with Gasteiger partial charge >= 0.3 is 0 Å². The van der Waals surface area contributed by atoms with E-state index in [0.717, 1.165) is 18.9 Å². The first-order valence-electron chi connectivity index (χ1n) is 4.69. The zero-order chi connectivity index (χ0) is 8.72. The van der Waals surface area contributed by atoms with E-state index in [1.165, 1.54) is 12.8 Å². The van der Waals surface area contributed by atoms with Gasteiger partial charge in [0.1, 0.15) is 0 Å². The fourth-order valence-corrected chi connectivity index (χ4v) is 1.56. The topological polar surface area (TPSA) is 46.3 Å². The van der Waals surface area contributed by atoms with Gasteiger partial charge in [-0.15, -0.1) is 0 Å². The van der Waals surface area contributed by atoms with Crippen molar-refractivity contribution in [3.05, 3.63) is 0 Å². The van der Waals surface area contributed by atoms with Gasteiger partial charge in [0.25, 0.3) is 0 Å². The molecule has 12 heavy (non-hydrogen) atoms. The van der Waals surface area contributed by atoms with Crippen molar-refractivity contribution in [2.24, 2.45) is 17.6 Å². The molecule has 0 aromatic carbocycles. The summed E-state index contributed by atoms with van der Waals surface area (Å²) in [6.07, 6.45) is 3.50. The molecule has 0 heterocycles. The predicted octanol–water partition coefficient (Wildman–Crippen LogP) is 0.202. The lowest BCUT2D eigenvalue weighted by molar-refractivity contribution is -0.131. The normalized spacial score (nSPS) is 33.2. The van der Waals surface area contributed by atoms with Gasteiger partial charge in [0.2, 0.25) is 5.91 Å². The molecule has 0 aliphatic heterocycles. The van der Waals surface area contributed by atoms with Crippen molar-refractivity contribution in [2.75, 3.05) is 13.6 Å². The second-order valence-electron chi connectivity index (χ2n) is 4.17. The molecule has 68 valence electrons. The number of carbonyl (C=O) groups excluding carboxylic acids is 1. The Kier molecular flexibility index (Phi) is 1.83. The van der Waals surface area contributed by atoms with Crippen LogP contribution in [0.15, 0.2) is 0 Å². The number of nitrogens with zero attached hydrogens (tertiary/aromatic N) is 1. The summed E-state index contributed by atoms with van der Waals surface area (Å²) in [4.78, 5) is 13.4. The number of amides is 1. The smallest absolute Gasteiger partial charge is 0.227 e. The summed E-state index contributed by atoms with van der Waals surface area (Å²) in [7, 11) is 1.89. The Balaban J connectivity index is 1.78. The minimum absolute atomic E-state index is 0.147. The molecule has 2 fully saturated rings. The zero-order valence-corrected chi connectivity index (χ0v) is 7.49. The van der Waals surface area contributed by atoms with Crippen LogP contribution in [0.25, 0.3) is 0 Å². The summed E-state index contributed by atoms with van der Waals surface area (Å²) in [6, 6.07) is 0.152. The molecule has 0 aromatic heterocycles. The number of hydrogen-bond acceptors (Lipinski definition) is 2. The maximum atomic E-state index is 11.5. The van der Waals surface area contributed by atoms with Crippen LogP contribution in [0.2, 0.25) is 0 Å². The van der Waals surface area contributed by atoms with Crippen molar-refractivity contribution < 1.29 is 4.79 Å². The van der Waals surface area contributed by atoms with Gasteiger partial charge in [0.15, 0.2) is 0 Å². The molecule has 0 spiro atoms. The second kappa shape index (κ2) is 2.73. The summed E-state index contributed by atoms with van der Waals surface area (Å²) < 4.78 is 0. The maximum absolute atomic E-state index is 11.5. The van der Waals surface area contributed by atoms with Crippen molar-refractivity contribution >= 4 is 5.91 Å². The fourth-order valence-electron chi connectivity index (χ4n) is 1.56. The molecule has 2 aliphatic rings. The Morgan fingerprint density at radius 1 is 1.58 bits per heavy atom. The minimum atomic E-state index is 0.147. The van der Waals surface area contributed by atoms with E-state index in [0.29, 0.717) is 0 Å². The van der Waals surface area contributed by atoms with Crippen LogP contribution in [-0.2, 0) is 4.79 Å². The predicted molar refractivity (Wildman–Crippen MR) is 46.4 cm³/mol. The van der Waals surface area contributed by atoms with E-state index < -0.39 is 0 Å². The highest BCUT2D eigenvalue weighted by atomic mass is 16.2. The molecule has 0 bridgehead atoms. The van der Waals surface area contributed by atoms with Crippen molar-refractivity contribution in [3.8, 4) is 0 Å². The molecular weight excluding hydrogens is 152 g/mol. The van der Waals surface area contributed by atoms with Crippen LogP contribution >= 0.6 is 0 Å². The van der Waals surface area contributed by atoms with Crippen LogP contribution in [0.5, 0.6) is 0 Å². The van der Waals surface area contributed by atoms with Gasteiger partial charge < -0.3 is 10.6 Å². The Labute approximate surface area is 72.9 Å². The molecule has 0 saturated heterocycles. The van der Waals surface area contributed by atoms with E-state index in [1.54, 1.807) is 0 Å². The highest BCUT2D eigenvalue weighted by Gasteiger charge is 2.42. The SMILES string of the molecule is CN(CC1CC1)C(=O)C1CC1N. The van der Waals surface area contributed by atoms with Crippen molar-refractivity contribution in [2.45, 2.75) is 25.3 Å². The molecular formula is C9H16N2O. The van der Waals surface area contributed by atoms with Crippen LogP contribution in [0, 0.1) is 11.8 Å². The molecule has 3 nitrogen and oxygen atoms in total. The van der Waals surface area contributed by atoms with Crippen LogP contribution < -0.4 is 5.73 Å². The van der Waals surface area contributed by atoms with Gasteiger partial charge in [-0.1, -0.05) is 0 Å². The van der Waals surface area contributed by atoms with Crippen molar-refractivity contribution in [1.29, 1.82) is 0 Å². The summed E-state index contributed by atoms with van der Waals surface area (Å²) in [5.74, 6) is 1.19. The quantitative estimate of drug-likeness (QED) is 0.654. The number of nitrogens with two attached hydrogens (primary N) is 1. The molecule has 0 aromatic rings. The fraction of sp³-hybridized carbons (Fsp3) is 0.889. The Morgan fingerprint density at radius 3 is 2.58 bits per heavy atom. The summed E-state index contributed by atoms with van der Waals surface area (Å²) in [5.41, 5.74) is 5.60. The molecule has 2 saturated carbocycles. The van der Waals surface area contributed by atoms with E-state index in [2.05, 4.69) is 0 Å². The first-order chi connectivity index (χ1) is 5.68. The van der Waals surface area contributed by atoms with Crippen molar-refractivity contribution in [1.82, 2.24) is 4.90 Å². The van der Waals surface area contributed by atoms with E-state index in [-0.39, 0.29) is 17.9 Å². The molecule has 2 N–H and O–H groups in total. The highest BCUT2D eigenvalue weighted by molar-refractivity contribution is 5.82. The first kappa shape index (κ1) is 8.05. The Morgan fingerprint density at radius 2 is 2.17 bits per heavy atom. The molecule has 1 amide bonds. The summed E-state index contributed by atoms with van der Waals surface area (Å²) >= 11 is 0. The molecule has 2 rings (SSSR count). The van der Waals surface area contributed by atoms with Crippen LogP contribution in [0.1, 0.15) is 19.3 Å². The van der Waals surface area contributed by atoms with Crippen LogP contribution in [0.3, 0.4) is 0 Å². The molecule has 3 heteroatoms. The van der Waals surface area contributed by atoms with E-state index in [9.17, 15) is 4.79 Å². The van der Waals surface area contributed by atoms with E-state index in [4.69, 9.17) is 5.73 Å². The summed E-state index contributed by atoms with van der Waals surface area (Å²) in [6.45, 7) is 0.946. The third kappa shape index (κ3) is 1.61. The Bertz CT molecular complexity index is 201. The molecule has 0 radical (unpaired) electrons. The lowest BCUT2D eigenvalue weighted by atomic mass is 10.3. The maximum Gasteiger partial charge on any atom is 0.227 e. The van der Waals surface area contributed by atoms with Gasteiger partial charge in [0, 0.05) is 19.6 Å². The average molecular weight is 168 g/mol. The van der Waals surface area contributed by atoms with E-state index >= 15 is 0 Å². The highest BCUT2D eigenvalue weighted by Crippen LogP contribution is 2.33. The number of rotatable bonds is 3. The third-order valence-electron chi connectivity index (χ3n) is 2.76. The minimum Gasteiger partial charge on any atom is -0.345 e. The van der Waals surface area contributed by atoms with Gasteiger partial charge in [-0.25, -0.2) is 0 Å². The second-order valence-corrected chi connectivity index (χ2v) is 4.17. The lowest BCUT2D eigenvalue weighted by Crippen LogP contribution is -2.31. The van der Waals surface area contributed by atoms with Crippen molar-refractivity contribution in [3.63, 3.8) is 0 Å².